The fourth-order valence-corrected chi connectivity index (χ4v) is 3.49. The van der Waals surface area contributed by atoms with Gasteiger partial charge < -0.3 is 10.2 Å². The van der Waals surface area contributed by atoms with Crippen LogP contribution in [0.15, 0.2) is 24.3 Å². The van der Waals surface area contributed by atoms with E-state index in [9.17, 15) is 14.0 Å². The molecule has 1 aliphatic carbocycles. The first-order valence-corrected chi connectivity index (χ1v) is 8.85. The van der Waals surface area contributed by atoms with Gasteiger partial charge in [-0.2, -0.15) is 0 Å². The van der Waals surface area contributed by atoms with Crippen LogP contribution in [0.1, 0.15) is 31.7 Å². The monoisotopic (exact) mass is 332 g/mol. The van der Waals surface area contributed by atoms with Crippen LogP contribution in [0.25, 0.3) is 0 Å². The molecular weight excluding hydrogens is 307 g/mol. The molecule has 2 aliphatic rings. The maximum absolute atomic E-state index is 12.8. The number of halogens is 1. The zero-order valence-corrected chi connectivity index (χ0v) is 14.1. The van der Waals surface area contributed by atoms with E-state index in [1.165, 1.54) is 18.6 Å². The smallest absolute Gasteiger partial charge is 0.226 e. The molecule has 0 spiro atoms. The number of carbonyl (C=O) groups is 2. The molecule has 130 valence electrons. The number of hydrogen-bond donors (Lipinski definition) is 1. The van der Waals surface area contributed by atoms with Crippen LogP contribution in [0.2, 0.25) is 0 Å². The molecule has 3 atom stereocenters. The Bertz CT molecular complexity index is 602. The molecule has 1 heterocycles. The minimum absolute atomic E-state index is 0.0273. The Morgan fingerprint density at radius 3 is 2.71 bits per heavy atom. The molecule has 1 N–H and O–H groups in total. The Morgan fingerprint density at radius 1 is 1.25 bits per heavy atom. The summed E-state index contributed by atoms with van der Waals surface area (Å²) >= 11 is 0. The van der Waals surface area contributed by atoms with Gasteiger partial charge in [-0.3, -0.25) is 9.59 Å². The lowest BCUT2D eigenvalue weighted by atomic mass is 10.00. The van der Waals surface area contributed by atoms with E-state index in [2.05, 4.69) is 12.2 Å². The Morgan fingerprint density at radius 2 is 2.00 bits per heavy atom. The molecule has 1 aromatic carbocycles. The summed E-state index contributed by atoms with van der Waals surface area (Å²) in [6, 6.07) is 6.30. The maximum Gasteiger partial charge on any atom is 0.226 e. The van der Waals surface area contributed by atoms with E-state index in [1.807, 2.05) is 4.90 Å². The first-order valence-electron chi connectivity index (χ1n) is 8.85. The van der Waals surface area contributed by atoms with Crippen LogP contribution in [0, 0.1) is 23.6 Å². The summed E-state index contributed by atoms with van der Waals surface area (Å²) in [6.45, 7) is 4.35. The highest BCUT2D eigenvalue weighted by molar-refractivity contribution is 5.92. The fraction of sp³-hybridized carbons (Fsp3) is 0.579. The van der Waals surface area contributed by atoms with Gasteiger partial charge in [-0.05, 0) is 49.3 Å². The van der Waals surface area contributed by atoms with E-state index in [4.69, 9.17) is 0 Å². The molecule has 3 rings (SSSR count). The van der Waals surface area contributed by atoms with Crippen LogP contribution in [0.5, 0.6) is 0 Å². The van der Waals surface area contributed by atoms with Crippen LogP contribution in [-0.2, 0) is 16.0 Å². The van der Waals surface area contributed by atoms with Gasteiger partial charge >= 0.3 is 0 Å². The van der Waals surface area contributed by atoms with Crippen molar-refractivity contribution in [2.45, 2.75) is 32.6 Å². The lowest BCUT2D eigenvalue weighted by molar-refractivity contribution is -0.136. The quantitative estimate of drug-likeness (QED) is 0.900. The van der Waals surface area contributed by atoms with Crippen molar-refractivity contribution in [2.75, 3.05) is 19.6 Å². The van der Waals surface area contributed by atoms with Crippen LogP contribution in [0.3, 0.4) is 0 Å². The molecule has 0 bridgehead atoms. The van der Waals surface area contributed by atoms with Crippen molar-refractivity contribution in [3.8, 4) is 0 Å². The number of nitrogens with zero attached hydrogens (tertiary/aromatic N) is 1. The molecular formula is C19H25FN2O2. The molecule has 1 aliphatic heterocycles. The van der Waals surface area contributed by atoms with Crippen molar-refractivity contribution in [1.29, 1.82) is 0 Å². The number of nitrogens with one attached hydrogen (secondary N) is 1. The molecule has 0 radical (unpaired) electrons. The van der Waals surface area contributed by atoms with Crippen molar-refractivity contribution in [2.24, 2.45) is 17.8 Å². The van der Waals surface area contributed by atoms with Crippen molar-refractivity contribution in [3.05, 3.63) is 35.6 Å². The zero-order chi connectivity index (χ0) is 17.1. The number of carbonyl (C=O) groups excluding carboxylic acids is 2. The highest BCUT2D eigenvalue weighted by Crippen LogP contribution is 2.40. The summed E-state index contributed by atoms with van der Waals surface area (Å²) in [4.78, 5) is 26.6. The third-order valence-corrected chi connectivity index (χ3v) is 5.04. The van der Waals surface area contributed by atoms with E-state index >= 15 is 0 Å². The Balaban J connectivity index is 1.40. The average molecular weight is 332 g/mol. The van der Waals surface area contributed by atoms with Crippen molar-refractivity contribution >= 4 is 11.8 Å². The first kappa shape index (κ1) is 16.9. The summed E-state index contributed by atoms with van der Waals surface area (Å²) in [7, 11) is 0. The van der Waals surface area contributed by atoms with Crippen LogP contribution in [0.4, 0.5) is 4.39 Å². The molecule has 4 nitrogen and oxygen atoms in total. The number of likely N-dealkylation sites (tertiary alicyclic amines) is 1. The van der Waals surface area contributed by atoms with Gasteiger partial charge in [-0.1, -0.05) is 19.1 Å². The van der Waals surface area contributed by atoms with Crippen molar-refractivity contribution in [3.63, 3.8) is 0 Å². The number of benzene rings is 1. The SMILES string of the molecule is CC1CCCN(C(=O)C2CC2C(=O)NCCc2ccc(F)cc2)C1. The Hall–Kier alpha value is -1.91. The van der Waals surface area contributed by atoms with Gasteiger partial charge in [0, 0.05) is 19.6 Å². The van der Waals surface area contributed by atoms with E-state index in [1.54, 1.807) is 12.1 Å². The normalized spacial score (nSPS) is 26.1. The van der Waals surface area contributed by atoms with Gasteiger partial charge in [0.2, 0.25) is 11.8 Å². The fourth-order valence-electron chi connectivity index (χ4n) is 3.49. The van der Waals surface area contributed by atoms with Gasteiger partial charge in [-0.25, -0.2) is 4.39 Å². The standard InChI is InChI=1S/C19H25FN2O2/c1-13-3-2-10-22(12-13)19(24)17-11-16(17)18(23)21-9-8-14-4-6-15(20)7-5-14/h4-7,13,16-17H,2-3,8-12H2,1H3,(H,21,23). The third kappa shape index (κ3) is 4.13. The average Bonchev–Trinajstić information content (AvgIpc) is 3.36. The molecule has 3 unspecified atom stereocenters. The van der Waals surface area contributed by atoms with E-state index in [0.717, 1.165) is 25.1 Å². The molecule has 1 saturated carbocycles. The topological polar surface area (TPSA) is 49.4 Å². The Kier molecular flexibility index (Phi) is 5.17. The van der Waals surface area contributed by atoms with Crippen LogP contribution in [-0.4, -0.2) is 36.3 Å². The number of rotatable bonds is 5. The second kappa shape index (κ2) is 7.32. The van der Waals surface area contributed by atoms with Gasteiger partial charge in [0.05, 0.1) is 11.8 Å². The number of hydrogen-bond acceptors (Lipinski definition) is 2. The molecule has 0 aromatic heterocycles. The zero-order valence-electron chi connectivity index (χ0n) is 14.1. The summed E-state index contributed by atoms with van der Waals surface area (Å²) in [6.07, 6.45) is 3.59. The summed E-state index contributed by atoms with van der Waals surface area (Å²) in [5, 5.41) is 2.90. The predicted molar refractivity (Wildman–Crippen MR) is 89.7 cm³/mol. The lowest BCUT2D eigenvalue weighted by Gasteiger charge is -2.31. The highest BCUT2D eigenvalue weighted by atomic mass is 19.1. The van der Waals surface area contributed by atoms with Crippen LogP contribution < -0.4 is 5.32 Å². The largest absolute Gasteiger partial charge is 0.356 e. The van der Waals surface area contributed by atoms with Crippen molar-refractivity contribution < 1.29 is 14.0 Å². The summed E-state index contributed by atoms with van der Waals surface area (Å²) < 4.78 is 12.8. The first-order chi connectivity index (χ1) is 11.5. The Labute approximate surface area is 142 Å². The minimum Gasteiger partial charge on any atom is -0.356 e. The molecule has 24 heavy (non-hydrogen) atoms. The van der Waals surface area contributed by atoms with Gasteiger partial charge in [0.1, 0.15) is 5.82 Å². The predicted octanol–water partition coefficient (Wildman–Crippen LogP) is 2.38. The molecule has 5 heteroatoms. The molecule has 1 saturated heterocycles. The van der Waals surface area contributed by atoms with E-state index < -0.39 is 0 Å². The van der Waals surface area contributed by atoms with E-state index in [0.29, 0.717) is 25.3 Å². The third-order valence-electron chi connectivity index (χ3n) is 5.04. The maximum atomic E-state index is 12.8. The molecule has 2 amide bonds. The lowest BCUT2D eigenvalue weighted by Crippen LogP contribution is -2.41. The highest BCUT2D eigenvalue weighted by Gasteiger charge is 2.49. The minimum atomic E-state index is -0.255. The molecule has 2 fully saturated rings. The van der Waals surface area contributed by atoms with E-state index in [-0.39, 0.29) is 29.5 Å². The van der Waals surface area contributed by atoms with Gasteiger partial charge in [0.25, 0.3) is 0 Å². The second-order valence-electron chi connectivity index (χ2n) is 7.15. The number of amides is 2. The summed E-state index contributed by atoms with van der Waals surface area (Å²) in [5.41, 5.74) is 0.988. The van der Waals surface area contributed by atoms with Crippen molar-refractivity contribution in [1.82, 2.24) is 10.2 Å². The number of piperidine rings is 1. The van der Waals surface area contributed by atoms with Gasteiger partial charge in [-0.15, -0.1) is 0 Å². The van der Waals surface area contributed by atoms with Gasteiger partial charge in [0.15, 0.2) is 0 Å². The van der Waals surface area contributed by atoms with Crippen LogP contribution >= 0.6 is 0 Å². The second-order valence-corrected chi connectivity index (χ2v) is 7.15. The summed E-state index contributed by atoms with van der Waals surface area (Å²) in [5.74, 6) is 0.142. The molecule has 1 aromatic rings.